The summed E-state index contributed by atoms with van der Waals surface area (Å²) >= 11 is 0. The number of hydrogen-bond donors (Lipinski definition) is 0. The molecule has 8 atom stereocenters. The standard InChI is InChI=1S/C19H24O4/c1-3-19(8-10-4-5-11(19)6-10)23-18(21)14-12-7-13-15(14)17(20)22-16(13)9(12)2/h10-16H,2-8H2,1H3. The molecule has 0 N–H and O–H groups in total. The molecule has 0 spiro atoms. The first-order chi connectivity index (χ1) is 11.0. The average molecular weight is 316 g/mol. The number of fused-ring (bicyclic) bond motifs is 3. The van der Waals surface area contributed by atoms with Crippen LogP contribution in [-0.4, -0.2) is 23.6 Å². The SMILES string of the molecule is C=C1C2CC3C1OC(=O)C3C2C(=O)OC1(CC)CC2CCC1C2. The van der Waals surface area contributed by atoms with Crippen LogP contribution in [0, 0.1) is 35.5 Å². The van der Waals surface area contributed by atoms with Crippen LogP contribution in [0.1, 0.15) is 45.4 Å². The first-order valence-corrected chi connectivity index (χ1v) is 9.16. The van der Waals surface area contributed by atoms with E-state index in [4.69, 9.17) is 9.47 Å². The Balaban J connectivity index is 1.41. The lowest BCUT2D eigenvalue weighted by molar-refractivity contribution is -0.175. The van der Waals surface area contributed by atoms with Crippen LogP contribution in [0.25, 0.3) is 0 Å². The Kier molecular flexibility index (Phi) is 2.69. The Morgan fingerprint density at radius 1 is 1.39 bits per heavy atom. The van der Waals surface area contributed by atoms with Crippen LogP contribution in [0.2, 0.25) is 0 Å². The second-order valence-electron chi connectivity index (χ2n) is 8.41. The molecule has 5 aliphatic rings. The van der Waals surface area contributed by atoms with Gasteiger partial charge in [0.05, 0.1) is 11.8 Å². The molecule has 4 aliphatic carbocycles. The van der Waals surface area contributed by atoms with E-state index in [0.717, 1.165) is 30.8 Å². The fraction of sp³-hybridized carbons (Fsp3) is 0.789. The summed E-state index contributed by atoms with van der Waals surface area (Å²) in [6.07, 6.45) is 6.31. The number of esters is 2. The molecule has 0 radical (unpaired) electrons. The average Bonchev–Trinajstić information content (AvgIpc) is 3.28. The van der Waals surface area contributed by atoms with E-state index in [1.807, 2.05) is 0 Å². The molecule has 4 nitrogen and oxygen atoms in total. The third kappa shape index (κ3) is 1.62. The minimum Gasteiger partial charge on any atom is -0.459 e. The van der Waals surface area contributed by atoms with Crippen molar-refractivity contribution >= 4 is 11.9 Å². The summed E-state index contributed by atoms with van der Waals surface area (Å²) in [5, 5.41) is 0. The van der Waals surface area contributed by atoms with Crippen LogP contribution in [0.15, 0.2) is 12.2 Å². The highest BCUT2D eigenvalue weighted by atomic mass is 16.6. The summed E-state index contributed by atoms with van der Waals surface area (Å²) in [5.74, 6) is 0.500. The number of carbonyl (C=O) groups excluding carboxylic acids is 2. The number of ether oxygens (including phenoxy) is 2. The maximum absolute atomic E-state index is 13.0. The molecule has 1 aliphatic heterocycles. The summed E-state index contributed by atoms with van der Waals surface area (Å²) < 4.78 is 11.6. The normalized spacial score (nSPS) is 52.3. The van der Waals surface area contributed by atoms with Gasteiger partial charge in [-0.3, -0.25) is 9.59 Å². The van der Waals surface area contributed by atoms with E-state index in [9.17, 15) is 9.59 Å². The zero-order valence-electron chi connectivity index (χ0n) is 13.6. The Morgan fingerprint density at radius 2 is 2.22 bits per heavy atom. The Hall–Kier alpha value is -1.32. The van der Waals surface area contributed by atoms with Crippen molar-refractivity contribution in [3.63, 3.8) is 0 Å². The molecule has 8 unspecified atom stereocenters. The van der Waals surface area contributed by atoms with Crippen LogP contribution < -0.4 is 0 Å². The van der Waals surface area contributed by atoms with Crippen LogP contribution in [0.4, 0.5) is 0 Å². The Bertz CT molecular complexity index is 610. The third-order valence-electron chi connectivity index (χ3n) is 7.65. The zero-order chi connectivity index (χ0) is 15.9. The van der Waals surface area contributed by atoms with Gasteiger partial charge in [-0.1, -0.05) is 13.5 Å². The van der Waals surface area contributed by atoms with Gasteiger partial charge in [0.1, 0.15) is 11.7 Å². The second kappa shape index (κ2) is 4.40. The van der Waals surface area contributed by atoms with Crippen molar-refractivity contribution in [2.75, 3.05) is 0 Å². The lowest BCUT2D eigenvalue weighted by atomic mass is 9.77. The molecule has 4 bridgehead atoms. The minimum atomic E-state index is -0.346. The number of rotatable bonds is 3. The number of carbonyl (C=O) groups is 2. The molecule has 4 heteroatoms. The van der Waals surface area contributed by atoms with Crippen molar-refractivity contribution in [3.05, 3.63) is 12.2 Å². The molecule has 1 saturated heterocycles. The van der Waals surface area contributed by atoms with Gasteiger partial charge < -0.3 is 9.47 Å². The second-order valence-corrected chi connectivity index (χ2v) is 8.41. The minimum absolute atomic E-state index is 0.0847. The van der Waals surface area contributed by atoms with Gasteiger partial charge in [-0.05, 0) is 61.9 Å². The van der Waals surface area contributed by atoms with Gasteiger partial charge in [-0.2, -0.15) is 0 Å². The van der Waals surface area contributed by atoms with Gasteiger partial charge >= 0.3 is 11.9 Å². The smallest absolute Gasteiger partial charge is 0.311 e. The molecule has 0 amide bonds. The van der Waals surface area contributed by atoms with Crippen LogP contribution in [0.5, 0.6) is 0 Å². The van der Waals surface area contributed by atoms with Crippen molar-refractivity contribution in [2.45, 2.75) is 57.2 Å². The van der Waals surface area contributed by atoms with Crippen LogP contribution >= 0.6 is 0 Å². The highest BCUT2D eigenvalue weighted by Crippen LogP contribution is 2.61. The van der Waals surface area contributed by atoms with Crippen molar-refractivity contribution in [1.82, 2.24) is 0 Å². The fourth-order valence-corrected chi connectivity index (χ4v) is 6.57. The first kappa shape index (κ1) is 14.1. The molecule has 0 aromatic carbocycles. The zero-order valence-corrected chi connectivity index (χ0v) is 13.6. The fourth-order valence-electron chi connectivity index (χ4n) is 6.57. The summed E-state index contributed by atoms with van der Waals surface area (Å²) in [5.41, 5.74) is 0.669. The Labute approximate surface area is 136 Å². The molecule has 1 heterocycles. The molecule has 4 saturated carbocycles. The Morgan fingerprint density at radius 3 is 2.87 bits per heavy atom. The topological polar surface area (TPSA) is 52.6 Å². The quantitative estimate of drug-likeness (QED) is 0.593. The molecule has 23 heavy (non-hydrogen) atoms. The largest absolute Gasteiger partial charge is 0.459 e. The first-order valence-electron chi connectivity index (χ1n) is 9.16. The summed E-state index contributed by atoms with van der Waals surface area (Å²) in [7, 11) is 0. The van der Waals surface area contributed by atoms with Crippen molar-refractivity contribution in [2.24, 2.45) is 35.5 Å². The third-order valence-corrected chi connectivity index (χ3v) is 7.65. The van der Waals surface area contributed by atoms with Gasteiger partial charge in [0, 0.05) is 5.92 Å². The predicted octanol–water partition coefficient (Wildman–Crippen LogP) is 2.86. The highest BCUT2D eigenvalue weighted by Gasteiger charge is 2.67. The summed E-state index contributed by atoms with van der Waals surface area (Å²) in [6, 6.07) is 0. The number of hydrogen-bond acceptors (Lipinski definition) is 4. The van der Waals surface area contributed by atoms with Crippen LogP contribution in [-0.2, 0) is 19.1 Å². The van der Waals surface area contributed by atoms with Crippen molar-refractivity contribution in [3.8, 4) is 0 Å². The maximum Gasteiger partial charge on any atom is 0.311 e. The van der Waals surface area contributed by atoms with Crippen LogP contribution in [0.3, 0.4) is 0 Å². The molecule has 5 rings (SSSR count). The van der Waals surface area contributed by atoms with E-state index < -0.39 is 0 Å². The van der Waals surface area contributed by atoms with Gasteiger partial charge in [0.15, 0.2) is 0 Å². The van der Waals surface area contributed by atoms with Crippen molar-refractivity contribution < 1.29 is 19.1 Å². The van der Waals surface area contributed by atoms with Crippen molar-refractivity contribution in [1.29, 1.82) is 0 Å². The van der Waals surface area contributed by atoms with Gasteiger partial charge in [0.2, 0.25) is 0 Å². The molecule has 0 aromatic heterocycles. The lowest BCUT2D eigenvalue weighted by Gasteiger charge is -2.38. The van der Waals surface area contributed by atoms with E-state index in [1.54, 1.807) is 0 Å². The van der Waals surface area contributed by atoms with E-state index in [2.05, 4.69) is 13.5 Å². The molecule has 0 aromatic rings. The monoisotopic (exact) mass is 316 g/mol. The molecule has 5 fully saturated rings. The van der Waals surface area contributed by atoms with E-state index in [-0.39, 0.29) is 47.3 Å². The lowest BCUT2D eigenvalue weighted by Crippen LogP contribution is -2.44. The summed E-state index contributed by atoms with van der Waals surface area (Å²) in [6.45, 7) is 6.24. The van der Waals surface area contributed by atoms with Gasteiger partial charge in [-0.25, -0.2) is 0 Å². The van der Waals surface area contributed by atoms with E-state index in [1.165, 1.54) is 19.3 Å². The van der Waals surface area contributed by atoms with E-state index in [0.29, 0.717) is 5.92 Å². The molecular formula is C19H24O4. The highest BCUT2D eigenvalue weighted by molar-refractivity contribution is 5.87. The summed E-state index contributed by atoms with van der Waals surface area (Å²) in [4.78, 5) is 25.2. The van der Waals surface area contributed by atoms with Gasteiger partial charge in [0.25, 0.3) is 0 Å². The predicted molar refractivity (Wildman–Crippen MR) is 82.2 cm³/mol. The maximum atomic E-state index is 13.0. The molecular weight excluding hydrogens is 292 g/mol. The van der Waals surface area contributed by atoms with E-state index >= 15 is 0 Å². The van der Waals surface area contributed by atoms with Gasteiger partial charge in [-0.15, -0.1) is 0 Å². The molecule has 124 valence electrons.